The zero-order chi connectivity index (χ0) is 14.5. The zero-order valence-corrected chi connectivity index (χ0v) is 11.9. The molecule has 0 bridgehead atoms. The third-order valence-electron chi connectivity index (χ3n) is 3.06. The summed E-state index contributed by atoms with van der Waals surface area (Å²) in [6.45, 7) is 0. The van der Waals surface area contributed by atoms with Crippen molar-refractivity contribution in [3.05, 3.63) is 59.1 Å². The van der Waals surface area contributed by atoms with E-state index in [9.17, 15) is 4.79 Å². The van der Waals surface area contributed by atoms with Gasteiger partial charge in [0.05, 0.1) is 7.11 Å². The third kappa shape index (κ3) is 3.59. The first-order valence-corrected chi connectivity index (χ1v) is 6.66. The first-order valence-electron chi connectivity index (χ1n) is 6.28. The van der Waals surface area contributed by atoms with E-state index in [1.54, 1.807) is 0 Å². The lowest BCUT2D eigenvalue weighted by Crippen LogP contribution is -2.33. The molecule has 2 aromatic carbocycles. The van der Waals surface area contributed by atoms with Crippen molar-refractivity contribution in [2.75, 3.05) is 7.11 Å². The summed E-state index contributed by atoms with van der Waals surface area (Å²) in [5, 5.41) is 0.706. The van der Waals surface area contributed by atoms with Gasteiger partial charge in [-0.2, -0.15) is 0 Å². The molecule has 0 fully saturated rings. The van der Waals surface area contributed by atoms with Crippen LogP contribution in [0, 0.1) is 0 Å². The second-order valence-electron chi connectivity index (χ2n) is 4.54. The highest BCUT2D eigenvalue weighted by Crippen LogP contribution is 2.22. The predicted octanol–water partition coefficient (Wildman–Crippen LogP) is 3.05. The van der Waals surface area contributed by atoms with Crippen LogP contribution >= 0.6 is 11.6 Å². The van der Waals surface area contributed by atoms with Crippen LogP contribution in [-0.4, -0.2) is 19.1 Å². The van der Waals surface area contributed by atoms with Gasteiger partial charge in [0.15, 0.2) is 0 Å². The number of nitrogens with two attached hydrogens (primary N) is 1. The van der Waals surface area contributed by atoms with E-state index < -0.39 is 12.0 Å². The Morgan fingerprint density at radius 3 is 2.55 bits per heavy atom. The minimum Gasteiger partial charge on any atom is -0.468 e. The summed E-state index contributed by atoms with van der Waals surface area (Å²) in [5.74, 6) is -0.401. The molecule has 1 atom stereocenters. The number of carbonyl (C=O) groups is 1. The van der Waals surface area contributed by atoms with E-state index >= 15 is 0 Å². The number of methoxy groups -OCH3 is 1. The van der Waals surface area contributed by atoms with Crippen molar-refractivity contribution in [2.24, 2.45) is 5.73 Å². The highest BCUT2D eigenvalue weighted by Gasteiger charge is 2.14. The monoisotopic (exact) mass is 289 g/mol. The molecule has 0 radical (unpaired) electrons. The first kappa shape index (κ1) is 14.6. The number of halogens is 1. The molecule has 20 heavy (non-hydrogen) atoms. The molecule has 0 spiro atoms. The highest BCUT2D eigenvalue weighted by molar-refractivity contribution is 6.30. The number of hydrogen-bond acceptors (Lipinski definition) is 3. The number of ether oxygens (including phenoxy) is 1. The Labute approximate surface area is 123 Å². The minimum atomic E-state index is -0.638. The van der Waals surface area contributed by atoms with Gasteiger partial charge in [0, 0.05) is 5.02 Å². The number of benzene rings is 2. The first-order chi connectivity index (χ1) is 9.60. The van der Waals surface area contributed by atoms with Gasteiger partial charge >= 0.3 is 5.97 Å². The van der Waals surface area contributed by atoms with Crippen LogP contribution in [0.1, 0.15) is 5.56 Å². The van der Waals surface area contributed by atoms with Crippen LogP contribution in [0.25, 0.3) is 11.1 Å². The largest absolute Gasteiger partial charge is 0.468 e. The summed E-state index contributed by atoms with van der Waals surface area (Å²) in [6, 6.07) is 14.9. The molecular weight excluding hydrogens is 274 g/mol. The molecule has 3 nitrogen and oxygen atoms in total. The van der Waals surface area contributed by atoms with E-state index in [0.717, 1.165) is 16.7 Å². The molecule has 0 aliphatic rings. The van der Waals surface area contributed by atoms with Gasteiger partial charge < -0.3 is 10.5 Å². The van der Waals surface area contributed by atoms with Crippen molar-refractivity contribution in [1.29, 1.82) is 0 Å². The standard InChI is InChI=1S/C16H16ClNO2/c1-20-16(19)15(18)10-11-3-2-4-13(9-11)12-5-7-14(17)8-6-12/h2-9,15H,10,18H2,1H3. The molecule has 4 heteroatoms. The van der Waals surface area contributed by atoms with Crippen LogP contribution in [0.2, 0.25) is 5.02 Å². The molecule has 0 saturated carbocycles. The fourth-order valence-corrected chi connectivity index (χ4v) is 2.13. The quantitative estimate of drug-likeness (QED) is 0.880. The molecule has 104 valence electrons. The second-order valence-corrected chi connectivity index (χ2v) is 4.98. The average Bonchev–Trinajstić information content (AvgIpc) is 2.47. The van der Waals surface area contributed by atoms with E-state index in [1.165, 1.54) is 7.11 Å². The average molecular weight is 290 g/mol. The van der Waals surface area contributed by atoms with Gasteiger partial charge in [-0.25, -0.2) is 0 Å². The lowest BCUT2D eigenvalue weighted by Gasteiger charge is -2.10. The minimum absolute atomic E-state index is 0.401. The summed E-state index contributed by atoms with van der Waals surface area (Å²) >= 11 is 5.88. The summed E-state index contributed by atoms with van der Waals surface area (Å²) in [4.78, 5) is 11.3. The van der Waals surface area contributed by atoms with Gasteiger partial charge in [0.25, 0.3) is 0 Å². The van der Waals surface area contributed by atoms with Crippen molar-refractivity contribution in [3.63, 3.8) is 0 Å². The third-order valence-corrected chi connectivity index (χ3v) is 3.32. The van der Waals surface area contributed by atoms with E-state index in [1.807, 2.05) is 48.5 Å². The van der Waals surface area contributed by atoms with Crippen LogP contribution in [0.5, 0.6) is 0 Å². The Morgan fingerprint density at radius 1 is 1.20 bits per heavy atom. The smallest absolute Gasteiger partial charge is 0.322 e. The molecule has 0 saturated heterocycles. The fourth-order valence-electron chi connectivity index (χ4n) is 2.01. The Morgan fingerprint density at radius 2 is 1.90 bits per heavy atom. The Kier molecular flexibility index (Phi) is 4.77. The van der Waals surface area contributed by atoms with Gasteiger partial charge in [-0.3, -0.25) is 4.79 Å². The van der Waals surface area contributed by atoms with Gasteiger partial charge in [-0.1, -0.05) is 48.0 Å². The number of carbonyl (C=O) groups excluding carboxylic acids is 1. The van der Waals surface area contributed by atoms with E-state index in [0.29, 0.717) is 11.4 Å². The van der Waals surface area contributed by atoms with Crippen molar-refractivity contribution in [3.8, 4) is 11.1 Å². The molecule has 0 aliphatic heterocycles. The molecule has 2 rings (SSSR count). The molecule has 2 aromatic rings. The fraction of sp³-hybridized carbons (Fsp3) is 0.188. The van der Waals surface area contributed by atoms with Gasteiger partial charge in [0.1, 0.15) is 6.04 Å². The Balaban J connectivity index is 2.20. The summed E-state index contributed by atoms with van der Waals surface area (Å²) in [5.41, 5.74) is 8.91. The van der Waals surface area contributed by atoms with Crippen LogP contribution in [0.4, 0.5) is 0 Å². The van der Waals surface area contributed by atoms with Crippen LogP contribution in [-0.2, 0) is 16.0 Å². The summed E-state index contributed by atoms with van der Waals surface area (Å²) in [7, 11) is 1.34. The second kappa shape index (κ2) is 6.55. The maximum Gasteiger partial charge on any atom is 0.322 e. The summed E-state index contributed by atoms with van der Waals surface area (Å²) in [6.07, 6.45) is 0.452. The van der Waals surface area contributed by atoms with Gasteiger partial charge in [-0.15, -0.1) is 0 Å². The van der Waals surface area contributed by atoms with E-state index in [-0.39, 0.29) is 0 Å². The molecule has 2 N–H and O–H groups in total. The van der Waals surface area contributed by atoms with Crippen molar-refractivity contribution in [2.45, 2.75) is 12.5 Å². The van der Waals surface area contributed by atoms with Gasteiger partial charge in [-0.05, 0) is 35.2 Å². The topological polar surface area (TPSA) is 52.3 Å². The maximum atomic E-state index is 11.3. The number of esters is 1. The molecule has 0 aromatic heterocycles. The molecule has 0 heterocycles. The SMILES string of the molecule is COC(=O)C(N)Cc1cccc(-c2ccc(Cl)cc2)c1. The van der Waals surface area contributed by atoms with Crippen LogP contribution < -0.4 is 5.73 Å². The van der Waals surface area contributed by atoms with Crippen molar-refractivity contribution >= 4 is 17.6 Å². The van der Waals surface area contributed by atoms with Crippen LogP contribution in [0.3, 0.4) is 0 Å². The van der Waals surface area contributed by atoms with Gasteiger partial charge in [0.2, 0.25) is 0 Å². The Hall–Kier alpha value is -1.84. The Bertz CT molecular complexity index is 596. The van der Waals surface area contributed by atoms with E-state index in [2.05, 4.69) is 4.74 Å². The van der Waals surface area contributed by atoms with Crippen molar-refractivity contribution < 1.29 is 9.53 Å². The lowest BCUT2D eigenvalue weighted by molar-refractivity contribution is -0.142. The predicted molar refractivity (Wildman–Crippen MR) is 80.6 cm³/mol. The zero-order valence-electron chi connectivity index (χ0n) is 11.2. The molecule has 1 unspecified atom stereocenters. The van der Waals surface area contributed by atoms with E-state index in [4.69, 9.17) is 17.3 Å². The lowest BCUT2D eigenvalue weighted by atomic mass is 10.00. The summed E-state index contributed by atoms with van der Waals surface area (Å²) < 4.78 is 4.63. The number of rotatable bonds is 4. The normalized spacial score (nSPS) is 11.9. The van der Waals surface area contributed by atoms with Crippen LogP contribution in [0.15, 0.2) is 48.5 Å². The highest BCUT2D eigenvalue weighted by atomic mass is 35.5. The molecule has 0 aliphatic carbocycles. The molecular formula is C16H16ClNO2. The molecule has 0 amide bonds. The maximum absolute atomic E-state index is 11.3. The van der Waals surface area contributed by atoms with Crippen molar-refractivity contribution in [1.82, 2.24) is 0 Å². The number of hydrogen-bond donors (Lipinski definition) is 1.